The fourth-order valence-corrected chi connectivity index (χ4v) is 6.67. The topological polar surface area (TPSA) is 140 Å². The molecule has 0 unspecified atom stereocenters. The van der Waals surface area contributed by atoms with Crippen LogP contribution in [0.4, 0.5) is 17.1 Å². The van der Waals surface area contributed by atoms with Crippen LogP contribution in [-0.4, -0.2) is 37.0 Å². The lowest BCUT2D eigenvalue weighted by Crippen LogP contribution is -2.18. The van der Waals surface area contributed by atoms with Crippen LogP contribution in [0.5, 0.6) is 11.5 Å². The lowest BCUT2D eigenvalue weighted by Gasteiger charge is -2.15. The van der Waals surface area contributed by atoms with Crippen molar-refractivity contribution in [2.24, 2.45) is 0 Å². The third-order valence-electron chi connectivity index (χ3n) is 6.17. The standard InChI is InChI=1S/C29H29N3O7S2/c1-19-9-11-21(17-27(19)41(36,37)32-25-7-5-6-8-26(25)39-4)29(33)30-23-12-10-20(2)28(18-23)40(34,35)31-22-13-15-24(38-3)16-14-22/h5-18,31-32H,1-4H3,(H,30,33). The zero-order valence-electron chi connectivity index (χ0n) is 22.8. The van der Waals surface area contributed by atoms with Crippen molar-refractivity contribution in [3.63, 3.8) is 0 Å². The number of methoxy groups -OCH3 is 2. The summed E-state index contributed by atoms with van der Waals surface area (Å²) in [6, 6.07) is 21.7. The minimum Gasteiger partial charge on any atom is -0.497 e. The Morgan fingerprint density at radius 1 is 0.659 bits per heavy atom. The van der Waals surface area contributed by atoms with Gasteiger partial charge in [0, 0.05) is 16.9 Å². The van der Waals surface area contributed by atoms with Gasteiger partial charge in [0.25, 0.3) is 26.0 Å². The molecule has 0 aliphatic carbocycles. The Morgan fingerprint density at radius 3 is 1.90 bits per heavy atom. The molecule has 0 bridgehead atoms. The summed E-state index contributed by atoms with van der Waals surface area (Å²) in [4.78, 5) is 13.0. The zero-order valence-corrected chi connectivity index (χ0v) is 24.4. The minimum absolute atomic E-state index is 0.0284. The van der Waals surface area contributed by atoms with E-state index in [1.165, 1.54) is 38.5 Å². The van der Waals surface area contributed by atoms with Crippen molar-refractivity contribution in [2.45, 2.75) is 23.6 Å². The molecule has 214 valence electrons. The second kappa shape index (κ2) is 11.9. The number of hydrogen-bond donors (Lipinski definition) is 3. The lowest BCUT2D eigenvalue weighted by molar-refractivity contribution is 0.102. The number of nitrogens with one attached hydrogen (secondary N) is 3. The first-order chi connectivity index (χ1) is 19.4. The first-order valence-corrected chi connectivity index (χ1v) is 15.3. The van der Waals surface area contributed by atoms with E-state index < -0.39 is 26.0 Å². The smallest absolute Gasteiger partial charge is 0.262 e. The average molecular weight is 596 g/mol. The summed E-state index contributed by atoms with van der Waals surface area (Å²) < 4.78 is 68.1. The summed E-state index contributed by atoms with van der Waals surface area (Å²) in [5, 5.41) is 2.66. The highest BCUT2D eigenvalue weighted by atomic mass is 32.2. The van der Waals surface area contributed by atoms with Crippen LogP contribution in [0.3, 0.4) is 0 Å². The van der Waals surface area contributed by atoms with Crippen molar-refractivity contribution in [1.82, 2.24) is 0 Å². The van der Waals surface area contributed by atoms with E-state index in [4.69, 9.17) is 9.47 Å². The Morgan fingerprint density at radius 2 is 1.24 bits per heavy atom. The predicted molar refractivity (Wildman–Crippen MR) is 158 cm³/mol. The largest absolute Gasteiger partial charge is 0.497 e. The van der Waals surface area contributed by atoms with E-state index in [0.717, 1.165) is 0 Å². The molecule has 3 N–H and O–H groups in total. The monoisotopic (exact) mass is 595 g/mol. The molecule has 41 heavy (non-hydrogen) atoms. The molecule has 0 heterocycles. The molecule has 0 radical (unpaired) electrons. The molecule has 10 nitrogen and oxygen atoms in total. The van der Waals surface area contributed by atoms with Gasteiger partial charge in [0.05, 0.1) is 29.7 Å². The van der Waals surface area contributed by atoms with Gasteiger partial charge in [0.1, 0.15) is 11.5 Å². The number of ether oxygens (including phenoxy) is 2. The van der Waals surface area contributed by atoms with Gasteiger partial charge in [-0.3, -0.25) is 14.2 Å². The number of carbonyl (C=O) groups excluding carboxylic acids is 1. The summed E-state index contributed by atoms with van der Waals surface area (Å²) in [6.45, 7) is 3.26. The molecule has 4 aromatic carbocycles. The van der Waals surface area contributed by atoms with Crippen LogP contribution in [0.25, 0.3) is 0 Å². The van der Waals surface area contributed by atoms with E-state index in [1.54, 1.807) is 74.5 Å². The molecule has 4 rings (SSSR count). The van der Waals surface area contributed by atoms with Crippen molar-refractivity contribution in [3.8, 4) is 11.5 Å². The number of sulfonamides is 2. The van der Waals surface area contributed by atoms with Crippen molar-refractivity contribution in [2.75, 3.05) is 29.0 Å². The number of aryl methyl sites for hydroxylation is 2. The molecule has 1 amide bonds. The average Bonchev–Trinajstić information content (AvgIpc) is 2.94. The SMILES string of the molecule is COc1ccc(NS(=O)(=O)c2cc(NC(=O)c3ccc(C)c(S(=O)(=O)Nc4ccccc4OC)c3)ccc2C)cc1. The minimum atomic E-state index is -4.08. The van der Waals surface area contributed by atoms with E-state index in [2.05, 4.69) is 14.8 Å². The van der Waals surface area contributed by atoms with Crippen molar-refractivity contribution in [1.29, 1.82) is 0 Å². The third-order valence-corrected chi connectivity index (χ3v) is 9.20. The Bertz CT molecular complexity index is 1800. The van der Waals surface area contributed by atoms with Gasteiger partial charge in [-0.15, -0.1) is 0 Å². The van der Waals surface area contributed by atoms with Gasteiger partial charge >= 0.3 is 0 Å². The predicted octanol–water partition coefficient (Wildman–Crippen LogP) is 5.17. The van der Waals surface area contributed by atoms with Crippen molar-refractivity contribution in [3.05, 3.63) is 102 Å². The number of rotatable bonds is 10. The maximum Gasteiger partial charge on any atom is 0.262 e. The van der Waals surface area contributed by atoms with Gasteiger partial charge in [-0.05, 0) is 85.6 Å². The normalized spacial score (nSPS) is 11.4. The van der Waals surface area contributed by atoms with Gasteiger partial charge < -0.3 is 14.8 Å². The molecule has 0 aliphatic heterocycles. The van der Waals surface area contributed by atoms with Crippen LogP contribution in [0.2, 0.25) is 0 Å². The molecule has 4 aromatic rings. The quantitative estimate of drug-likeness (QED) is 0.230. The molecule has 0 aliphatic rings. The first kappa shape index (κ1) is 29.4. The van der Waals surface area contributed by atoms with Gasteiger partial charge in [-0.1, -0.05) is 24.3 Å². The maximum absolute atomic E-state index is 13.2. The fourth-order valence-electron chi connectivity index (χ4n) is 4.00. The molecule has 0 aromatic heterocycles. The lowest BCUT2D eigenvalue weighted by atomic mass is 10.1. The molecule has 0 saturated carbocycles. The third kappa shape index (κ3) is 6.79. The number of anilines is 3. The Labute approximate surface area is 239 Å². The van der Waals surface area contributed by atoms with Gasteiger partial charge in [0.15, 0.2) is 0 Å². The van der Waals surface area contributed by atoms with Gasteiger partial charge in [-0.25, -0.2) is 16.8 Å². The summed E-state index contributed by atoms with van der Waals surface area (Å²) in [5.41, 5.74) is 1.77. The molecule has 12 heteroatoms. The molecular weight excluding hydrogens is 566 g/mol. The van der Waals surface area contributed by atoms with E-state index in [9.17, 15) is 21.6 Å². The van der Waals surface area contributed by atoms with E-state index in [-0.39, 0.29) is 26.7 Å². The number of amides is 1. The Hall–Kier alpha value is -4.55. The summed E-state index contributed by atoms with van der Waals surface area (Å²) >= 11 is 0. The molecule has 0 saturated heterocycles. The van der Waals surface area contributed by atoms with Crippen LogP contribution in [0.1, 0.15) is 21.5 Å². The van der Waals surface area contributed by atoms with Gasteiger partial charge in [0.2, 0.25) is 0 Å². The van der Waals surface area contributed by atoms with E-state index in [0.29, 0.717) is 28.3 Å². The molecule has 0 atom stereocenters. The molecule has 0 fully saturated rings. The maximum atomic E-state index is 13.2. The highest BCUT2D eigenvalue weighted by molar-refractivity contribution is 7.93. The van der Waals surface area contributed by atoms with Gasteiger partial charge in [-0.2, -0.15) is 0 Å². The first-order valence-electron chi connectivity index (χ1n) is 12.3. The molecule has 0 spiro atoms. The number of hydrogen-bond acceptors (Lipinski definition) is 7. The van der Waals surface area contributed by atoms with Crippen LogP contribution >= 0.6 is 0 Å². The summed E-state index contributed by atoms with van der Waals surface area (Å²) in [6.07, 6.45) is 0. The number of para-hydroxylation sites is 2. The van der Waals surface area contributed by atoms with E-state index in [1.807, 2.05) is 0 Å². The molecular formula is C29H29N3O7S2. The number of carbonyl (C=O) groups is 1. The fraction of sp³-hybridized carbons (Fsp3) is 0.138. The van der Waals surface area contributed by atoms with Crippen LogP contribution in [0, 0.1) is 13.8 Å². The van der Waals surface area contributed by atoms with E-state index >= 15 is 0 Å². The Balaban J connectivity index is 1.57. The second-order valence-electron chi connectivity index (χ2n) is 9.05. The Kier molecular flexibility index (Phi) is 8.55. The summed E-state index contributed by atoms with van der Waals surface area (Å²) in [7, 11) is -5.13. The van der Waals surface area contributed by atoms with Crippen molar-refractivity contribution < 1.29 is 31.1 Å². The van der Waals surface area contributed by atoms with Crippen LogP contribution in [0.15, 0.2) is 94.7 Å². The van der Waals surface area contributed by atoms with Crippen molar-refractivity contribution >= 4 is 43.0 Å². The highest BCUT2D eigenvalue weighted by Crippen LogP contribution is 2.28. The van der Waals surface area contributed by atoms with Crippen LogP contribution < -0.4 is 24.2 Å². The van der Waals surface area contributed by atoms with Crippen LogP contribution in [-0.2, 0) is 20.0 Å². The zero-order chi connectivity index (χ0) is 29.8. The second-order valence-corrected chi connectivity index (χ2v) is 12.4. The summed E-state index contributed by atoms with van der Waals surface area (Å²) in [5.74, 6) is 0.305. The highest BCUT2D eigenvalue weighted by Gasteiger charge is 2.22. The number of benzene rings is 4.